The number of nitrogens with one attached hydrogen (secondary N) is 2. The molecule has 3 rings (SSSR count). The van der Waals surface area contributed by atoms with Gasteiger partial charge < -0.3 is 20.3 Å². The van der Waals surface area contributed by atoms with E-state index in [0.29, 0.717) is 4.31 Å². The molecule has 130 valence electrons. The van der Waals surface area contributed by atoms with Crippen LogP contribution in [0.1, 0.15) is 5.56 Å². The first-order chi connectivity index (χ1) is 11.2. The summed E-state index contributed by atoms with van der Waals surface area (Å²) in [5.74, 6) is -2.70. The minimum Gasteiger partial charge on any atom is -0.505 e. The molecule has 0 unspecified atom stereocenters. The van der Waals surface area contributed by atoms with Gasteiger partial charge in [0.05, 0.1) is 6.04 Å². The summed E-state index contributed by atoms with van der Waals surface area (Å²) in [5.41, 5.74) is -0.783. The second-order valence-corrected chi connectivity index (χ2v) is 6.83. The molecule has 0 radical (unpaired) electrons. The van der Waals surface area contributed by atoms with Crippen molar-refractivity contribution in [1.29, 1.82) is 0 Å². The first-order valence-electron chi connectivity index (χ1n) is 6.69. The second-order valence-electron chi connectivity index (χ2n) is 5.23. The fourth-order valence-electron chi connectivity index (χ4n) is 2.61. The lowest BCUT2D eigenvalue weighted by Gasteiger charge is -2.27. The monoisotopic (exact) mass is 361 g/mol. The van der Waals surface area contributed by atoms with Gasteiger partial charge in [-0.2, -0.15) is 8.42 Å². The number of amides is 2. The van der Waals surface area contributed by atoms with Crippen LogP contribution in [0, 0.1) is 5.82 Å². The zero-order chi connectivity index (χ0) is 17.6. The largest absolute Gasteiger partial charge is 0.505 e. The molecule has 2 amide bonds. The Kier molecular flexibility index (Phi) is 3.63. The highest BCUT2D eigenvalue weighted by molar-refractivity contribution is 7.92. The summed E-state index contributed by atoms with van der Waals surface area (Å²) >= 11 is 0. The average molecular weight is 361 g/mol. The van der Waals surface area contributed by atoms with Gasteiger partial charge in [0, 0.05) is 18.1 Å². The normalized spacial score (nSPS) is 21.6. The Bertz CT molecular complexity index is 842. The Morgan fingerprint density at radius 3 is 2.79 bits per heavy atom. The number of carbonyl (C=O) groups is 2. The van der Waals surface area contributed by atoms with Crippen LogP contribution in [-0.4, -0.2) is 49.8 Å². The van der Waals surface area contributed by atoms with Crippen molar-refractivity contribution in [2.75, 3.05) is 17.5 Å². The van der Waals surface area contributed by atoms with Crippen LogP contribution in [0.3, 0.4) is 0 Å². The number of carboxylic acid groups (broad SMARTS) is 1. The number of halogens is 1. The molecule has 1 aromatic rings. The number of ether oxygens (including phenoxy) is 1. The molecule has 0 aromatic heterocycles. The van der Waals surface area contributed by atoms with Gasteiger partial charge in [0.1, 0.15) is 30.3 Å². The number of rotatable bonds is 2. The Balaban J connectivity index is 2.04. The third-order valence-electron chi connectivity index (χ3n) is 3.57. The number of aromatic hydroxyl groups is 1. The highest BCUT2D eigenvalue weighted by atomic mass is 32.2. The standard InChI is InChI=1S/C12H12FN3O7S/c13-10-6-1-5(14-12(19)20)4-23-8(6)2-7(17)11(10)16-3-9(18)15-24(16,21)22/h2,5,14,17H,1,3-4H2,(H,15,18)(H,19,20)/t5-/m0/s1. The van der Waals surface area contributed by atoms with E-state index in [-0.39, 0.29) is 24.3 Å². The van der Waals surface area contributed by atoms with Crippen molar-refractivity contribution in [2.24, 2.45) is 0 Å². The van der Waals surface area contributed by atoms with Crippen LogP contribution in [0.4, 0.5) is 14.9 Å². The predicted molar refractivity (Wildman–Crippen MR) is 76.6 cm³/mol. The number of fused-ring (bicyclic) bond motifs is 1. The van der Waals surface area contributed by atoms with Gasteiger partial charge in [0.25, 0.3) is 5.91 Å². The molecular formula is C12H12FN3O7S. The molecule has 24 heavy (non-hydrogen) atoms. The summed E-state index contributed by atoms with van der Waals surface area (Å²) in [5, 5.41) is 20.8. The molecule has 1 atom stereocenters. The van der Waals surface area contributed by atoms with Crippen molar-refractivity contribution in [3.8, 4) is 11.5 Å². The number of hydrogen-bond donors (Lipinski definition) is 4. The van der Waals surface area contributed by atoms with Gasteiger partial charge >= 0.3 is 16.3 Å². The maximum Gasteiger partial charge on any atom is 0.405 e. The summed E-state index contributed by atoms with van der Waals surface area (Å²) < 4.78 is 45.8. The third-order valence-corrected chi connectivity index (χ3v) is 4.95. The Labute approximate surface area is 135 Å². The lowest BCUT2D eigenvalue weighted by atomic mass is 10.0. The summed E-state index contributed by atoms with van der Waals surface area (Å²) in [6, 6.07) is 0.292. The van der Waals surface area contributed by atoms with Crippen molar-refractivity contribution in [3.05, 3.63) is 17.4 Å². The van der Waals surface area contributed by atoms with Gasteiger partial charge in [0.2, 0.25) is 0 Å². The van der Waals surface area contributed by atoms with Crippen LogP contribution in [0.2, 0.25) is 0 Å². The van der Waals surface area contributed by atoms with Gasteiger partial charge in [0.15, 0.2) is 5.82 Å². The van der Waals surface area contributed by atoms with Crippen LogP contribution < -0.4 is 19.1 Å². The van der Waals surface area contributed by atoms with E-state index < -0.39 is 52.1 Å². The number of carbonyl (C=O) groups excluding carboxylic acids is 1. The number of benzene rings is 1. The molecule has 1 saturated heterocycles. The van der Waals surface area contributed by atoms with Crippen molar-refractivity contribution in [2.45, 2.75) is 12.5 Å². The van der Waals surface area contributed by atoms with Crippen LogP contribution >= 0.6 is 0 Å². The van der Waals surface area contributed by atoms with Gasteiger partial charge in [-0.25, -0.2) is 18.2 Å². The molecule has 12 heteroatoms. The van der Waals surface area contributed by atoms with Gasteiger partial charge in [-0.3, -0.25) is 4.79 Å². The van der Waals surface area contributed by atoms with Crippen LogP contribution in [0.15, 0.2) is 6.07 Å². The number of phenolic OH excluding ortho intramolecular Hbond substituents is 1. The summed E-state index contributed by atoms with van der Waals surface area (Å²) in [7, 11) is -4.31. The Hall–Kier alpha value is -2.76. The zero-order valence-corrected chi connectivity index (χ0v) is 12.8. The SMILES string of the molecule is O=C(O)N[C@@H]1COc2cc(O)c(N3CC(=O)NS3(=O)=O)c(F)c2C1. The van der Waals surface area contributed by atoms with E-state index in [0.717, 1.165) is 6.07 Å². The maximum atomic E-state index is 14.8. The van der Waals surface area contributed by atoms with E-state index in [9.17, 15) is 27.5 Å². The lowest BCUT2D eigenvalue weighted by Crippen LogP contribution is -2.42. The summed E-state index contributed by atoms with van der Waals surface area (Å²) in [6.07, 6.45) is -1.42. The molecule has 0 aliphatic carbocycles. The highest BCUT2D eigenvalue weighted by Crippen LogP contribution is 2.41. The van der Waals surface area contributed by atoms with Crippen LogP contribution in [-0.2, 0) is 21.4 Å². The van der Waals surface area contributed by atoms with Crippen molar-refractivity contribution in [3.63, 3.8) is 0 Å². The fourth-order valence-corrected chi connectivity index (χ4v) is 3.77. The van der Waals surface area contributed by atoms with Gasteiger partial charge in [-0.1, -0.05) is 0 Å². The first kappa shape index (κ1) is 16.1. The first-order valence-corrected chi connectivity index (χ1v) is 8.13. The highest BCUT2D eigenvalue weighted by Gasteiger charge is 2.39. The summed E-state index contributed by atoms with van der Waals surface area (Å²) in [4.78, 5) is 22.0. The van der Waals surface area contributed by atoms with Crippen molar-refractivity contribution < 1.29 is 37.3 Å². The number of hydrogen-bond acceptors (Lipinski definition) is 6. The van der Waals surface area contributed by atoms with Crippen LogP contribution in [0.5, 0.6) is 11.5 Å². The quantitative estimate of drug-likeness (QED) is 0.544. The smallest absolute Gasteiger partial charge is 0.405 e. The molecule has 1 fully saturated rings. The molecular weight excluding hydrogens is 349 g/mol. The van der Waals surface area contributed by atoms with E-state index in [2.05, 4.69) is 5.32 Å². The number of anilines is 1. The Morgan fingerprint density at radius 1 is 1.50 bits per heavy atom. The number of nitrogens with zero attached hydrogens (tertiary/aromatic N) is 1. The van der Waals surface area contributed by atoms with E-state index in [1.807, 2.05) is 0 Å². The number of phenols is 1. The minimum atomic E-state index is -4.31. The van der Waals surface area contributed by atoms with E-state index in [4.69, 9.17) is 9.84 Å². The van der Waals surface area contributed by atoms with E-state index in [1.54, 1.807) is 4.72 Å². The predicted octanol–water partition coefficient (Wildman–Crippen LogP) is -0.717. The molecule has 10 nitrogen and oxygen atoms in total. The van der Waals surface area contributed by atoms with Gasteiger partial charge in [-0.05, 0) is 0 Å². The molecule has 1 aromatic carbocycles. The lowest BCUT2D eigenvalue weighted by molar-refractivity contribution is -0.117. The van der Waals surface area contributed by atoms with Crippen LogP contribution in [0.25, 0.3) is 0 Å². The van der Waals surface area contributed by atoms with E-state index in [1.165, 1.54) is 0 Å². The molecule has 0 spiro atoms. The van der Waals surface area contributed by atoms with Gasteiger partial charge in [-0.15, -0.1) is 0 Å². The van der Waals surface area contributed by atoms with Crippen molar-refractivity contribution >= 4 is 27.9 Å². The maximum absolute atomic E-state index is 14.8. The zero-order valence-electron chi connectivity index (χ0n) is 11.9. The fraction of sp³-hybridized carbons (Fsp3) is 0.333. The molecule has 0 bridgehead atoms. The molecule has 4 N–H and O–H groups in total. The molecule has 2 aliphatic rings. The second kappa shape index (κ2) is 5.40. The summed E-state index contributed by atoms with van der Waals surface area (Å²) in [6.45, 7) is -0.747. The minimum absolute atomic E-state index is 0.0203. The molecule has 2 heterocycles. The van der Waals surface area contributed by atoms with E-state index >= 15 is 0 Å². The van der Waals surface area contributed by atoms with Crippen molar-refractivity contribution in [1.82, 2.24) is 10.0 Å². The topological polar surface area (TPSA) is 145 Å². The molecule has 0 saturated carbocycles. The third kappa shape index (κ3) is 2.64. The Morgan fingerprint density at radius 2 is 2.21 bits per heavy atom. The average Bonchev–Trinajstić information content (AvgIpc) is 2.72. The molecule has 2 aliphatic heterocycles.